The van der Waals surface area contributed by atoms with E-state index in [2.05, 4.69) is 62.0 Å². The first-order valence-electron chi connectivity index (χ1n) is 9.50. The Morgan fingerprint density at radius 1 is 1.07 bits per heavy atom. The number of fused-ring (bicyclic) bond motifs is 1. The van der Waals surface area contributed by atoms with Crippen LogP contribution in [0.25, 0.3) is 10.9 Å². The second-order valence-electron chi connectivity index (χ2n) is 6.55. The average molecular weight is 505 g/mol. The number of benzene rings is 2. The van der Waals surface area contributed by atoms with Crippen molar-refractivity contribution in [3.8, 4) is 0 Å². The minimum atomic E-state index is -0.0816. The molecule has 0 bridgehead atoms. The minimum absolute atomic E-state index is 0. The third-order valence-corrected chi connectivity index (χ3v) is 4.65. The van der Waals surface area contributed by atoms with Crippen molar-refractivity contribution in [3.63, 3.8) is 0 Å². The first-order chi connectivity index (χ1) is 13.7. The fourth-order valence-electron chi connectivity index (χ4n) is 3.17. The van der Waals surface area contributed by atoms with Gasteiger partial charge in [0.25, 0.3) is 5.91 Å². The Morgan fingerprint density at radius 2 is 1.90 bits per heavy atom. The molecule has 3 aromatic rings. The third kappa shape index (κ3) is 6.22. The number of nitrogens with zero attached hydrogens (tertiary/aromatic N) is 2. The molecule has 0 atom stereocenters. The summed E-state index contributed by atoms with van der Waals surface area (Å²) in [6, 6.07) is 18.1. The van der Waals surface area contributed by atoms with Gasteiger partial charge >= 0.3 is 0 Å². The number of rotatable bonds is 7. The zero-order chi connectivity index (χ0) is 19.8. The Morgan fingerprint density at radius 3 is 2.69 bits per heavy atom. The van der Waals surface area contributed by atoms with Crippen molar-refractivity contribution in [2.75, 3.05) is 20.6 Å². The lowest BCUT2D eigenvalue weighted by Gasteiger charge is -2.13. The van der Waals surface area contributed by atoms with Crippen LogP contribution >= 0.6 is 24.0 Å². The average Bonchev–Trinajstić information content (AvgIpc) is 3.16. The predicted molar refractivity (Wildman–Crippen MR) is 130 cm³/mol. The molecule has 0 unspecified atom stereocenters. The second-order valence-corrected chi connectivity index (χ2v) is 6.55. The molecule has 0 radical (unpaired) electrons. The highest BCUT2D eigenvalue weighted by Crippen LogP contribution is 2.15. The van der Waals surface area contributed by atoms with Gasteiger partial charge in [-0.05, 0) is 41.6 Å². The Hall–Kier alpha value is -2.55. The SMILES string of the molecule is CN=C(NCCCn1ccc2ccccc21)NCc1cccc(C(=O)NC)c1.I. The quantitative estimate of drug-likeness (QED) is 0.200. The summed E-state index contributed by atoms with van der Waals surface area (Å²) in [6.45, 7) is 2.38. The van der Waals surface area contributed by atoms with Gasteiger partial charge in [0.2, 0.25) is 0 Å². The summed E-state index contributed by atoms with van der Waals surface area (Å²) >= 11 is 0. The topological polar surface area (TPSA) is 70.5 Å². The molecular formula is C22H28IN5O. The van der Waals surface area contributed by atoms with Crippen molar-refractivity contribution >= 4 is 46.7 Å². The van der Waals surface area contributed by atoms with Crippen molar-refractivity contribution in [2.24, 2.45) is 4.99 Å². The van der Waals surface area contributed by atoms with E-state index in [9.17, 15) is 4.79 Å². The minimum Gasteiger partial charge on any atom is -0.356 e. The molecule has 0 aliphatic heterocycles. The number of nitrogens with one attached hydrogen (secondary N) is 3. The molecule has 0 aliphatic rings. The number of halogens is 1. The summed E-state index contributed by atoms with van der Waals surface area (Å²) in [5, 5.41) is 10.6. The highest BCUT2D eigenvalue weighted by Gasteiger charge is 2.05. The maximum Gasteiger partial charge on any atom is 0.251 e. The molecule has 1 aromatic heterocycles. The number of amides is 1. The van der Waals surface area contributed by atoms with E-state index in [4.69, 9.17) is 0 Å². The smallest absolute Gasteiger partial charge is 0.251 e. The van der Waals surface area contributed by atoms with E-state index in [1.54, 1.807) is 20.2 Å². The fourth-order valence-corrected chi connectivity index (χ4v) is 3.17. The standard InChI is InChI=1S/C22H27N5O.HI/c1-23-21(28)19-9-5-7-17(15-19)16-26-22(24-2)25-12-6-13-27-14-11-18-8-3-4-10-20(18)27;/h3-5,7-11,14-15H,6,12-13,16H2,1-2H3,(H,23,28)(H2,24,25,26);1H. The van der Waals surface area contributed by atoms with Gasteiger partial charge in [0.1, 0.15) is 0 Å². The van der Waals surface area contributed by atoms with Gasteiger partial charge in [0.05, 0.1) is 0 Å². The summed E-state index contributed by atoms with van der Waals surface area (Å²) in [7, 11) is 3.39. The van der Waals surface area contributed by atoms with Crippen LogP contribution in [0.4, 0.5) is 0 Å². The van der Waals surface area contributed by atoms with Gasteiger partial charge in [-0.15, -0.1) is 24.0 Å². The summed E-state index contributed by atoms with van der Waals surface area (Å²) in [4.78, 5) is 16.0. The molecule has 0 aliphatic carbocycles. The molecule has 0 fully saturated rings. The van der Waals surface area contributed by atoms with Crippen LogP contribution in [0.15, 0.2) is 65.8 Å². The van der Waals surface area contributed by atoms with Crippen molar-refractivity contribution in [3.05, 3.63) is 71.9 Å². The van der Waals surface area contributed by atoms with Gasteiger partial charge in [-0.25, -0.2) is 0 Å². The van der Waals surface area contributed by atoms with E-state index in [-0.39, 0.29) is 29.9 Å². The number of carbonyl (C=O) groups is 1. The molecule has 0 saturated heterocycles. The maximum atomic E-state index is 11.7. The van der Waals surface area contributed by atoms with Crippen LogP contribution in [0.2, 0.25) is 0 Å². The van der Waals surface area contributed by atoms with E-state index in [0.29, 0.717) is 12.1 Å². The first-order valence-corrected chi connectivity index (χ1v) is 9.50. The Kier molecular flexibility index (Phi) is 8.98. The number of hydrogen-bond donors (Lipinski definition) is 3. The molecule has 3 N–H and O–H groups in total. The van der Waals surface area contributed by atoms with E-state index >= 15 is 0 Å². The van der Waals surface area contributed by atoms with Crippen LogP contribution in [0, 0.1) is 0 Å². The van der Waals surface area contributed by atoms with E-state index in [0.717, 1.165) is 31.0 Å². The lowest BCUT2D eigenvalue weighted by Crippen LogP contribution is -2.37. The van der Waals surface area contributed by atoms with Crippen molar-refractivity contribution in [1.82, 2.24) is 20.5 Å². The van der Waals surface area contributed by atoms with Gasteiger partial charge in [-0.1, -0.05) is 30.3 Å². The molecule has 6 nitrogen and oxygen atoms in total. The molecule has 2 aromatic carbocycles. The Balaban J connectivity index is 0.00000300. The van der Waals surface area contributed by atoms with Crippen LogP contribution in [0.3, 0.4) is 0 Å². The molecular weight excluding hydrogens is 477 g/mol. The number of para-hydroxylation sites is 1. The molecule has 7 heteroatoms. The van der Waals surface area contributed by atoms with Crippen LogP contribution in [-0.2, 0) is 13.1 Å². The third-order valence-electron chi connectivity index (χ3n) is 4.65. The molecule has 0 saturated carbocycles. The van der Waals surface area contributed by atoms with Crippen LogP contribution in [-0.4, -0.2) is 37.1 Å². The number of hydrogen-bond acceptors (Lipinski definition) is 2. The maximum absolute atomic E-state index is 11.7. The Labute approximate surface area is 188 Å². The number of guanidine groups is 1. The molecule has 154 valence electrons. The zero-order valence-corrected chi connectivity index (χ0v) is 19.1. The predicted octanol–water partition coefficient (Wildman–Crippen LogP) is 3.37. The molecule has 1 amide bonds. The summed E-state index contributed by atoms with van der Waals surface area (Å²) in [5.41, 5.74) is 2.95. The van der Waals surface area contributed by atoms with Crippen molar-refractivity contribution in [1.29, 1.82) is 0 Å². The second kappa shape index (κ2) is 11.5. The summed E-state index contributed by atoms with van der Waals surface area (Å²) < 4.78 is 2.28. The van der Waals surface area contributed by atoms with Gasteiger partial charge in [-0.2, -0.15) is 0 Å². The molecule has 0 spiro atoms. The van der Waals surface area contributed by atoms with E-state index < -0.39 is 0 Å². The normalized spacial score (nSPS) is 11.0. The number of aliphatic imine (C=N–C) groups is 1. The monoisotopic (exact) mass is 505 g/mol. The molecule has 1 heterocycles. The Bertz CT molecular complexity index is 967. The van der Waals surface area contributed by atoms with Crippen LogP contribution in [0.5, 0.6) is 0 Å². The van der Waals surface area contributed by atoms with Crippen molar-refractivity contribution < 1.29 is 4.79 Å². The largest absolute Gasteiger partial charge is 0.356 e. The number of carbonyl (C=O) groups excluding carboxylic acids is 1. The van der Waals surface area contributed by atoms with Crippen LogP contribution < -0.4 is 16.0 Å². The van der Waals surface area contributed by atoms with Gasteiger partial charge in [0, 0.05) is 51.0 Å². The summed E-state index contributed by atoms with van der Waals surface area (Å²) in [6.07, 6.45) is 3.13. The highest BCUT2D eigenvalue weighted by molar-refractivity contribution is 14.0. The summed E-state index contributed by atoms with van der Waals surface area (Å²) in [5.74, 6) is 0.671. The van der Waals surface area contributed by atoms with Crippen LogP contribution in [0.1, 0.15) is 22.3 Å². The first kappa shape index (κ1) is 22.7. The lowest BCUT2D eigenvalue weighted by atomic mass is 10.1. The number of aromatic nitrogens is 1. The van der Waals surface area contributed by atoms with E-state index in [1.165, 1.54) is 10.9 Å². The van der Waals surface area contributed by atoms with E-state index in [1.807, 2.05) is 18.2 Å². The molecule has 3 rings (SSSR count). The fraction of sp³-hybridized carbons (Fsp3) is 0.273. The zero-order valence-electron chi connectivity index (χ0n) is 16.8. The number of aryl methyl sites for hydroxylation is 1. The van der Waals surface area contributed by atoms with Gasteiger partial charge < -0.3 is 20.5 Å². The lowest BCUT2D eigenvalue weighted by molar-refractivity contribution is 0.0963. The van der Waals surface area contributed by atoms with Gasteiger partial charge in [-0.3, -0.25) is 9.79 Å². The highest BCUT2D eigenvalue weighted by atomic mass is 127. The van der Waals surface area contributed by atoms with Gasteiger partial charge in [0.15, 0.2) is 5.96 Å². The van der Waals surface area contributed by atoms with Crippen molar-refractivity contribution in [2.45, 2.75) is 19.5 Å². The molecule has 29 heavy (non-hydrogen) atoms.